The molecule has 0 saturated carbocycles. The lowest BCUT2D eigenvalue weighted by Crippen LogP contribution is -2.51. The zero-order valence-corrected chi connectivity index (χ0v) is 26.6. The number of aliphatic imine (C=N–C) groups is 3. The van der Waals surface area contributed by atoms with Crippen molar-refractivity contribution in [2.24, 2.45) is 15.0 Å². The smallest absolute Gasteiger partial charge is 0.230 e. The Morgan fingerprint density at radius 2 is 1.98 bits per heavy atom. The van der Waals surface area contributed by atoms with E-state index in [4.69, 9.17) is 15.7 Å². The van der Waals surface area contributed by atoms with Gasteiger partial charge in [0.05, 0.1) is 17.9 Å². The van der Waals surface area contributed by atoms with E-state index in [0.717, 1.165) is 66.3 Å². The lowest BCUT2D eigenvalue weighted by Gasteiger charge is -2.39. The van der Waals surface area contributed by atoms with Crippen molar-refractivity contribution in [2.75, 3.05) is 32.0 Å². The molecular formula is C35H39N11. The molecule has 4 heterocycles. The number of rotatable bonds is 10. The monoisotopic (exact) mass is 613 g/mol. The molecule has 1 fully saturated rings. The Morgan fingerprint density at radius 3 is 2.67 bits per heavy atom. The van der Waals surface area contributed by atoms with Gasteiger partial charge >= 0.3 is 0 Å². The molecule has 0 bridgehead atoms. The summed E-state index contributed by atoms with van der Waals surface area (Å²) in [6.45, 7) is 13.5. The van der Waals surface area contributed by atoms with Gasteiger partial charge in [0.1, 0.15) is 23.7 Å². The first-order valence-electron chi connectivity index (χ1n) is 15.4. The summed E-state index contributed by atoms with van der Waals surface area (Å²) < 4.78 is 2.07. The molecule has 1 saturated heterocycles. The number of nitrogen functional groups attached to an aromatic ring is 1. The molecule has 11 nitrogen and oxygen atoms in total. The summed E-state index contributed by atoms with van der Waals surface area (Å²) in [5.41, 5.74) is 12.7. The number of aromatic nitrogens is 4. The van der Waals surface area contributed by atoms with E-state index >= 15 is 0 Å². The summed E-state index contributed by atoms with van der Waals surface area (Å²) in [6.07, 6.45) is 10.2. The Labute approximate surface area is 269 Å². The second-order valence-corrected chi connectivity index (χ2v) is 11.0. The molecule has 5 rings (SSSR count). The van der Waals surface area contributed by atoms with E-state index in [1.54, 1.807) is 6.20 Å². The first-order chi connectivity index (χ1) is 22.4. The average Bonchev–Trinajstić information content (AvgIpc) is 3.45. The number of hydrogen-bond acceptors (Lipinski definition) is 8. The Hall–Kier alpha value is -5.31. The van der Waals surface area contributed by atoms with Crippen LogP contribution in [-0.2, 0) is 6.54 Å². The van der Waals surface area contributed by atoms with Crippen LogP contribution in [0.5, 0.6) is 0 Å². The fourth-order valence-electron chi connectivity index (χ4n) is 5.52. The average molecular weight is 614 g/mol. The third kappa shape index (κ3) is 7.31. The Bertz CT molecular complexity index is 1840. The highest BCUT2D eigenvalue weighted by molar-refractivity contribution is 6.01. The summed E-state index contributed by atoms with van der Waals surface area (Å²) in [6, 6.07) is 18.7. The molecule has 3 aromatic heterocycles. The maximum absolute atomic E-state index is 9.24. The molecule has 1 aromatic carbocycles. The molecule has 0 amide bonds. The van der Waals surface area contributed by atoms with Crippen molar-refractivity contribution in [1.29, 1.82) is 5.26 Å². The zero-order chi connectivity index (χ0) is 32.5. The summed E-state index contributed by atoms with van der Waals surface area (Å²) in [5, 5.41) is 9.24. The first-order valence-corrected chi connectivity index (χ1v) is 15.4. The van der Waals surface area contributed by atoms with Gasteiger partial charge < -0.3 is 5.73 Å². The zero-order valence-electron chi connectivity index (χ0n) is 26.6. The number of imidazole rings is 1. The first kappa shape index (κ1) is 32.1. The minimum absolute atomic E-state index is 0.101. The highest BCUT2D eigenvalue weighted by atomic mass is 15.3. The van der Waals surface area contributed by atoms with E-state index in [1.807, 2.05) is 37.3 Å². The van der Waals surface area contributed by atoms with Crippen LogP contribution in [-0.4, -0.2) is 80.6 Å². The van der Waals surface area contributed by atoms with Crippen LogP contribution in [0.1, 0.15) is 38.4 Å². The van der Waals surface area contributed by atoms with E-state index < -0.39 is 0 Å². The van der Waals surface area contributed by atoms with E-state index in [0.29, 0.717) is 18.3 Å². The van der Waals surface area contributed by atoms with Crippen LogP contribution in [0, 0.1) is 11.3 Å². The standard InChI is InChI=1S/C35H39N11/c1-5-7-9-27(6-2)30-15-16-31-35(42-30)46(34(43-31)29-10-8-17-39-33(29)37)28-13-11-26(12-14-28)22-44-18-19-45(25(3)21-44)24-41-32(20-36)40-23-38-4/h6-17,23,25H,4-5,18-19,21-22,24H2,1-3H3,(H2,37,39)/b9-7-,27-6+,40-23?,41-32-. The van der Waals surface area contributed by atoms with Crippen LogP contribution in [0.4, 0.5) is 5.82 Å². The van der Waals surface area contributed by atoms with Gasteiger partial charge in [-0.05, 0) is 74.5 Å². The third-order valence-corrected chi connectivity index (χ3v) is 7.94. The molecule has 4 aromatic rings. The van der Waals surface area contributed by atoms with Crippen molar-refractivity contribution in [3.05, 3.63) is 84.2 Å². The van der Waals surface area contributed by atoms with Gasteiger partial charge in [-0.15, -0.1) is 0 Å². The number of fused-ring (bicyclic) bond motifs is 1. The number of pyridine rings is 2. The lowest BCUT2D eigenvalue weighted by atomic mass is 10.1. The molecule has 0 aliphatic carbocycles. The Balaban J connectivity index is 1.39. The molecule has 2 N–H and O–H groups in total. The topological polar surface area (TPSA) is 137 Å². The molecule has 11 heteroatoms. The van der Waals surface area contributed by atoms with Crippen molar-refractivity contribution < 1.29 is 0 Å². The number of nitriles is 1. The van der Waals surface area contributed by atoms with E-state index in [2.05, 4.69) is 97.4 Å². The lowest BCUT2D eigenvalue weighted by molar-refractivity contribution is 0.0816. The van der Waals surface area contributed by atoms with E-state index in [-0.39, 0.29) is 11.9 Å². The largest absolute Gasteiger partial charge is 0.383 e. The molecule has 1 unspecified atom stereocenters. The number of anilines is 1. The maximum Gasteiger partial charge on any atom is 0.230 e. The van der Waals surface area contributed by atoms with Gasteiger partial charge in [-0.25, -0.2) is 24.9 Å². The number of amidine groups is 1. The van der Waals surface area contributed by atoms with Crippen LogP contribution in [0.3, 0.4) is 0 Å². The Morgan fingerprint density at radius 1 is 1.15 bits per heavy atom. The van der Waals surface area contributed by atoms with Crippen molar-refractivity contribution in [1.82, 2.24) is 29.3 Å². The van der Waals surface area contributed by atoms with Gasteiger partial charge in [0.2, 0.25) is 5.84 Å². The molecule has 46 heavy (non-hydrogen) atoms. The SMILES string of the molecule is C=NC=N/C(C#N)=N\CN1CCN(Cc2ccc(-n3c(-c4cccnc4N)nc4ccc(C(/C=C\CC)=C/C)nc43)cc2)CC1C. The normalized spacial score (nSPS) is 16.9. The molecule has 1 aliphatic heterocycles. The van der Waals surface area contributed by atoms with Crippen molar-refractivity contribution in [3.8, 4) is 23.1 Å². The fraction of sp³-hybridized carbons (Fsp3) is 0.286. The number of allylic oxidation sites excluding steroid dienone is 4. The minimum Gasteiger partial charge on any atom is -0.383 e. The van der Waals surface area contributed by atoms with Gasteiger partial charge in [-0.3, -0.25) is 19.4 Å². The minimum atomic E-state index is 0.101. The number of hydrogen-bond donors (Lipinski definition) is 1. The number of piperazine rings is 1. The molecule has 234 valence electrons. The number of benzene rings is 1. The van der Waals surface area contributed by atoms with Gasteiger partial charge in [-0.2, -0.15) is 5.26 Å². The van der Waals surface area contributed by atoms with Crippen LogP contribution in [0.2, 0.25) is 0 Å². The summed E-state index contributed by atoms with van der Waals surface area (Å²) in [5.74, 6) is 1.21. The summed E-state index contributed by atoms with van der Waals surface area (Å²) in [7, 11) is 0. The molecule has 0 radical (unpaired) electrons. The number of nitrogens with two attached hydrogens (primary N) is 1. The van der Waals surface area contributed by atoms with Crippen LogP contribution in [0.25, 0.3) is 33.8 Å². The fourth-order valence-corrected chi connectivity index (χ4v) is 5.52. The molecule has 1 aliphatic rings. The second-order valence-electron chi connectivity index (χ2n) is 11.0. The summed E-state index contributed by atoms with van der Waals surface area (Å²) >= 11 is 0. The maximum atomic E-state index is 9.24. The van der Waals surface area contributed by atoms with Crippen molar-refractivity contribution >= 4 is 41.4 Å². The second kappa shape index (κ2) is 15.1. The van der Waals surface area contributed by atoms with E-state index in [9.17, 15) is 5.26 Å². The molecule has 0 spiro atoms. The van der Waals surface area contributed by atoms with Crippen LogP contribution >= 0.6 is 0 Å². The molecule has 1 atom stereocenters. The van der Waals surface area contributed by atoms with Gasteiger partial charge in [-0.1, -0.05) is 37.3 Å². The summed E-state index contributed by atoms with van der Waals surface area (Å²) in [4.78, 5) is 30.9. The number of nitrogens with zero attached hydrogens (tertiary/aromatic N) is 10. The predicted octanol–water partition coefficient (Wildman–Crippen LogP) is 5.55. The highest BCUT2D eigenvalue weighted by Gasteiger charge is 2.24. The van der Waals surface area contributed by atoms with Crippen molar-refractivity contribution in [2.45, 2.75) is 39.8 Å². The van der Waals surface area contributed by atoms with Gasteiger partial charge in [0, 0.05) is 44.1 Å². The quantitative estimate of drug-likeness (QED) is 0.141. The van der Waals surface area contributed by atoms with Crippen molar-refractivity contribution in [3.63, 3.8) is 0 Å². The predicted molar refractivity (Wildman–Crippen MR) is 187 cm³/mol. The van der Waals surface area contributed by atoms with Gasteiger partial charge in [0.25, 0.3) is 0 Å². The molecular weight excluding hydrogens is 574 g/mol. The van der Waals surface area contributed by atoms with E-state index in [1.165, 1.54) is 11.9 Å². The third-order valence-electron chi connectivity index (χ3n) is 7.94. The van der Waals surface area contributed by atoms with Gasteiger partial charge in [0.15, 0.2) is 11.5 Å². The van der Waals surface area contributed by atoms with Crippen LogP contribution < -0.4 is 5.73 Å². The highest BCUT2D eigenvalue weighted by Crippen LogP contribution is 2.31. The Kier molecular flexibility index (Phi) is 10.5. The van der Waals surface area contributed by atoms with Crippen LogP contribution in [0.15, 0.2) is 87.9 Å².